The van der Waals surface area contributed by atoms with Crippen molar-refractivity contribution in [1.29, 1.82) is 0 Å². The summed E-state index contributed by atoms with van der Waals surface area (Å²) in [4.78, 5) is 11.3. The first-order chi connectivity index (χ1) is 10.9. The number of esters is 1. The molecule has 0 aliphatic heterocycles. The molecule has 2 aromatic rings. The van der Waals surface area contributed by atoms with Gasteiger partial charge in [0.05, 0.1) is 12.7 Å². The molecule has 0 N–H and O–H groups in total. The van der Waals surface area contributed by atoms with Crippen LogP contribution in [0.2, 0.25) is 0 Å². The summed E-state index contributed by atoms with van der Waals surface area (Å²) < 4.78 is 48.7. The van der Waals surface area contributed by atoms with E-state index in [9.17, 15) is 18.0 Å². The van der Waals surface area contributed by atoms with Crippen molar-refractivity contribution >= 4 is 5.97 Å². The van der Waals surface area contributed by atoms with E-state index in [1.807, 2.05) is 0 Å². The van der Waals surface area contributed by atoms with E-state index in [4.69, 9.17) is 4.74 Å². The number of methoxy groups -OCH3 is 1. The van der Waals surface area contributed by atoms with Gasteiger partial charge in [-0.05, 0) is 23.3 Å². The lowest BCUT2D eigenvalue weighted by Crippen LogP contribution is -2.16. The van der Waals surface area contributed by atoms with E-state index < -0.39 is 23.8 Å². The van der Waals surface area contributed by atoms with Crippen LogP contribution in [0.15, 0.2) is 54.6 Å². The number of carbonyl (C=O) groups is 1. The Balaban J connectivity index is 2.35. The van der Waals surface area contributed by atoms with Crippen molar-refractivity contribution in [2.24, 2.45) is 0 Å². The Morgan fingerprint density at radius 3 is 2.30 bits per heavy atom. The van der Waals surface area contributed by atoms with Gasteiger partial charge in [0, 0.05) is 0 Å². The SMILES string of the molecule is COC(=O)COC(c1ccccc1)c1cccc(C(F)(F)F)c1. The minimum atomic E-state index is -4.44. The lowest BCUT2D eigenvalue weighted by molar-refractivity contribution is -0.147. The molecule has 122 valence electrons. The first-order valence-corrected chi connectivity index (χ1v) is 6.82. The van der Waals surface area contributed by atoms with Gasteiger partial charge >= 0.3 is 12.1 Å². The van der Waals surface area contributed by atoms with Crippen molar-refractivity contribution in [3.63, 3.8) is 0 Å². The first-order valence-electron chi connectivity index (χ1n) is 6.82. The molecule has 0 aliphatic rings. The predicted molar refractivity (Wildman–Crippen MR) is 77.7 cm³/mol. The molecule has 0 aliphatic carbocycles. The number of rotatable bonds is 5. The Morgan fingerprint density at radius 2 is 1.70 bits per heavy atom. The normalized spacial score (nSPS) is 12.7. The Morgan fingerprint density at radius 1 is 1.04 bits per heavy atom. The van der Waals surface area contributed by atoms with Gasteiger partial charge in [-0.1, -0.05) is 42.5 Å². The largest absolute Gasteiger partial charge is 0.467 e. The summed E-state index contributed by atoms with van der Waals surface area (Å²) in [5.41, 5.74) is 0.197. The number of hydrogen-bond acceptors (Lipinski definition) is 3. The second-order valence-electron chi connectivity index (χ2n) is 4.80. The number of carbonyl (C=O) groups excluding carboxylic acids is 1. The summed E-state index contributed by atoms with van der Waals surface area (Å²) >= 11 is 0. The van der Waals surface area contributed by atoms with Crippen molar-refractivity contribution in [3.8, 4) is 0 Å². The minimum Gasteiger partial charge on any atom is -0.467 e. The molecule has 6 heteroatoms. The van der Waals surface area contributed by atoms with E-state index in [-0.39, 0.29) is 6.61 Å². The fourth-order valence-electron chi connectivity index (χ4n) is 2.10. The summed E-state index contributed by atoms with van der Waals surface area (Å²) in [7, 11) is 1.22. The van der Waals surface area contributed by atoms with Gasteiger partial charge < -0.3 is 9.47 Å². The standard InChI is InChI=1S/C17H15F3O3/c1-22-15(21)11-23-16(12-6-3-2-4-7-12)13-8-5-9-14(10-13)17(18,19)20/h2-10,16H,11H2,1H3. The van der Waals surface area contributed by atoms with Crippen LogP contribution in [0, 0.1) is 0 Å². The molecule has 1 atom stereocenters. The molecule has 0 fully saturated rings. The van der Waals surface area contributed by atoms with Crippen LogP contribution >= 0.6 is 0 Å². The van der Waals surface area contributed by atoms with Crippen molar-refractivity contribution < 1.29 is 27.4 Å². The van der Waals surface area contributed by atoms with E-state index in [2.05, 4.69) is 4.74 Å². The highest BCUT2D eigenvalue weighted by Crippen LogP contribution is 2.33. The molecule has 0 aromatic heterocycles. The van der Waals surface area contributed by atoms with E-state index in [0.29, 0.717) is 11.1 Å². The van der Waals surface area contributed by atoms with E-state index >= 15 is 0 Å². The molecular weight excluding hydrogens is 309 g/mol. The van der Waals surface area contributed by atoms with Gasteiger partial charge in [-0.15, -0.1) is 0 Å². The molecule has 23 heavy (non-hydrogen) atoms. The van der Waals surface area contributed by atoms with Gasteiger partial charge in [0.25, 0.3) is 0 Å². The maximum absolute atomic E-state index is 12.9. The molecule has 0 bridgehead atoms. The van der Waals surface area contributed by atoms with Gasteiger partial charge in [0.2, 0.25) is 0 Å². The third kappa shape index (κ3) is 4.56. The van der Waals surface area contributed by atoms with E-state index in [1.54, 1.807) is 30.3 Å². The van der Waals surface area contributed by atoms with Crippen molar-refractivity contribution in [1.82, 2.24) is 0 Å². The van der Waals surface area contributed by atoms with Crippen LogP contribution in [0.25, 0.3) is 0 Å². The van der Waals surface area contributed by atoms with Crippen LogP contribution in [0.3, 0.4) is 0 Å². The second-order valence-corrected chi connectivity index (χ2v) is 4.80. The summed E-state index contributed by atoms with van der Waals surface area (Å²) in [6.45, 7) is -0.355. The average Bonchev–Trinajstić information content (AvgIpc) is 2.55. The summed E-state index contributed by atoms with van der Waals surface area (Å²) in [6.07, 6.45) is -5.24. The molecule has 0 radical (unpaired) electrons. The molecular formula is C17H15F3O3. The van der Waals surface area contributed by atoms with Crippen LogP contribution < -0.4 is 0 Å². The van der Waals surface area contributed by atoms with Crippen molar-refractivity contribution in [3.05, 3.63) is 71.3 Å². The van der Waals surface area contributed by atoms with E-state index in [0.717, 1.165) is 12.1 Å². The van der Waals surface area contributed by atoms with Gasteiger partial charge in [-0.2, -0.15) is 13.2 Å². The molecule has 3 nitrogen and oxygen atoms in total. The predicted octanol–water partition coefficient (Wildman–Crippen LogP) is 3.98. The Hall–Kier alpha value is -2.34. The van der Waals surface area contributed by atoms with Gasteiger partial charge in [0.15, 0.2) is 0 Å². The van der Waals surface area contributed by atoms with Crippen LogP contribution in [0.1, 0.15) is 22.8 Å². The first kappa shape index (κ1) is 17.0. The molecule has 0 saturated heterocycles. The van der Waals surface area contributed by atoms with E-state index in [1.165, 1.54) is 19.2 Å². The lowest BCUT2D eigenvalue weighted by atomic mass is 9.99. The fraction of sp³-hybridized carbons (Fsp3) is 0.235. The van der Waals surface area contributed by atoms with Crippen molar-refractivity contribution in [2.45, 2.75) is 12.3 Å². The smallest absolute Gasteiger partial charge is 0.416 e. The Labute approximate surface area is 131 Å². The average molecular weight is 324 g/mol. The highest BCUT2D eigenvalue weighted by Gasteiger charge is 2.31. The van der Waals surface area contributed by atoms with Crippen LogP contribution in [-0.2, 0) is 20.4 Å². The number of alkyl halides is 3. The Bertz CT molecular complexity index is 654. The topological polar surface area (TPSA) is 35.5 Å². The molecule has 0 amide bonds. The zero-order chi connectivity index (χ0) is 16.9. The van der Waals surface area contributed by atoms with Crippen LogP contribution in [-0.4, -0.2) is 19.7 Å². The summed E-state index contributed by atoms with van der Waals surface area (Å²) in [5.74, 6) is -0.599. The van der Waals surface area contributed by atoms with Crippen LogP contribution in [0.4, 0.5) is 13.2 Å². The van der Waals surface area contributed by atoms with Gasteiger partial charge in [-0.25, -0.2) is 4.79 Å². The Kier molecular flexibility index (Phi) is 5.39. The number of benzene rings is 2. The van der Waals surface area contributed by atoms with Crippen LogP contribution in [0.5, 0.6) is 0 Å². The van der Waals surface area contributed by atoms with Crippen molar-refractivity contribution in [2.75, 3.05) is 13.7 Å². The number of ether oxygens (including phenoxy) is 2. The highest BCUT2D eigenvalue weighted by molar-refractivity contribution is 5.70. The molecule has 2 rings (SSSR count). The second kappa shape index (κ2) is 7.28. The summed E-state index contributed by atoms with van der Waals surface area (Å²) in [5, 5.41) is 0. The number of halogens is 3. The quantitative estimate of drug-likeness (QED) is 0.780. The molecule has 0 saturated carbocycles. The molecule has 0 spiro atoms. The molecule has 2 aromatic carbocycles. The minimum absolute atomic E-state index is 0.315. The third-order valence-corrected chi connectivity index (χ3v) is 3.21. The number of hydrogen-bond donors (Lipinski definition) is 0. The zero-order valence-corrected chi connectivity index (χ0v) is 12.3. The monoisotopic (exact) mass is 324 g/mol. The van der Waals surface area contributed by atoms with Gasteiger partial charge in [0.1, 0.15) is 12.7 Å². The molecule has 1 unspecified atom stereocenters. The fourth-order valence-corrected chi connectivity index (χ4v) is 2.10. The maximum Gasteiger partial charge on any atom is 0.416 e. The van der Waals surface area contributed by atoms with Gasteiger partial charge in [-0.3, -0.25) is 0 Å². The third-order valence-electron chi connectivity index (χ3n) is 3.21. The maximum atomic E-state index is 12.9. The highest BCUT2D eigenvalue weighted by atomic mass is 19.4. The lowest BCUT2D eigenvalue weighted by Gasteiger charge is -2.19. The zero-order valence-electron chi connectivity index (χ0n) is 12.3. The summed E-state index contributed by atoms with van der Waals surface area (Å²) in [6, 6.07) is 13.6. The molecule has 0 heterocycles.